The van der Waals surface area contributed by atoms with E-state index < -0.39 is 5.60 Å². The van der Waals surface area contributed by atoms with Gasteiger partial charge in [-0.3, -0.25) is 4.79 Å². The van der Waals surface area contributed by atoms with Gasteiger partial charge in [-0.2, -0.15) is 9.97 Å². The average Bonchev–Trinajstić information content (AvgIpc) is 3.50. The number of nitrogens with zero attached hydrogens (tertiary/aromatic N) is 5. The molecule has 35 heavy (non-hydrogen) atoms. The fourth-order valence-corrected chi connectivity index (χ4v) is 5.42. The largest absolute Gasteiger partial charge is 0.451 e. The molecule has 1 saturated heterocycles. The molecule has 0 N–H and O–H groups in total. The molecule has 9 heteroatoms. The Kier molecular flexibility index (Phi) is 6.39. The number of hydrogen-bond acceptors (Lipinski definition) is 7. The van der Waals surface area contributed by atoms with Crippen LogP contribution in [0.15, 0.2) is 30.6 Å². The van der Waals surface area contributed by atoms with E-state index in [-0.39, 0.29) is 23.7 Å². The molecule has 2 fully saturated rings. The predicted molar refractivity (Wildman–Crippen MR) is 127 cm³/mol. The lowest BCUT2D eigenvalue weighted by atomic mass is 9.74. The maximum atomic E-state index is 13.0. The van der Waals surface area contributed by atoms with Crippen LogP contribution in [0.4, 0.5) is 5.95 Å². The number of benzene rings is 1. The molecule has 0 bridgehead atoms. The monoisotopic (exact) mass is 475 g/mol. The minimum atomic E-state index is -0.670. The van der Waals surface area contributed by atoms with Crippen molar-refractivity contribution >= 4 is 17.8 Å². The van der Waals surface area contributed by atoms with Gasteiger partial charge >= 0.3 is 11.9 Å². The van der Waals surface area contributed by atoms with Crippen molar-refractivity contribution in [2.45, 2.75) is 44.1 Å². The van der Waals surface area contributed by atoms with E-state index in [0.29, 0.717) is 42.7 Å². The summed E-state index contributed by atoms with van der Waals surface area (Å²) in [6, 6.07) is 5.36. The van der Waals surface area contributed by atoms with Crippen LogP contribution in [-0.2, 0) is 15.1 Å². The van der Waals surface area contributed by atoms with Crippen LogP contribution in [0.3, 0.4) is 0 Å². The standard InChI is InChI=1S/C26H29N5O4/c1-27-25-28-16-20(17-29-25)34-19-5-6-22-21(15-19)24(33)35-26(22)9-7-18(8-10-26)23(32)30(2)13-14-31-11-3-4-12-31/h5-6,15-18H,3-4,7-14H2,2H3/t18-,26-. The Morgan fingerprint density at radius 1 is 1.23 bits per heavy atom. The highest BCUT2D eigenvalue weighted by molar-refractivity contribution is 5.95. The summed E-state index contributed by atoms with van der Waals surface area (Å²) in [4.78, 5) is 41.0. The van der Waals surface area contributed by atoms with Crippen molar-refractivity contribution in [1.82, 2.24) is 19.8 Å². The molecule has 182 valence electrons. The average molecular weight is 476 g/mol. The van der Waals surface area contributed by atoms with Crippen LogP contribution in [0.2, 0.25) is 0 Å². The van der Waals surface area contributed by atoms with E-state index >= 15 is 0 Å². The Morgan fingerprint density at radius 3 is 2.63 bits per heavy atom. The first-order valence-electron chi connectivity index (χ1n) is 12.2. The highest BCUT2D eigenvalue weighted by atomic mass is 16.6. The smallest absolute Gasteiger partial charge is 0.371 e. The lowest BCUT2D eigenvalue weighted by molar-refractivity contribution is -0.137. The molecule has 0 atom stereocenters. The Balaban J connectivity index is 1.22. The minimum Gasteiger partial charge on any atom is -0.451 e. The molecule has 5 rings (SSSR count). The molecule has 2 aromatic rings. The van der Waals surface area contributed by atoms with Gasteiger partial charge in [-0.25, -0.2) is 4.79 Å². The zero-order valence-corrected chi connectivity index (χ0v) is 19.9. The van der Waals surface area contributed by atoms with E-state index in [9.17, 15) is 9.59 Å². The molecule has 2 aliphatic heterocycles. The summed E-state index contributed by atoms with van der Waals surface area (Å²) in [6.07, 6.45) is 8.01. The molecule has 1 aromatic carbocycles. The number of carbonyl (C=O) groups is 2. The zero-order chi connectivity index (χ0) is 24.4. The molecular formula is C26H29N5O4. The van der Waals surface area contributed by atoms with E-state index in [1.54, 1.807) is 12.1 Å². The van der Waals surface area contributed by atoms with Gasteiger partial charge in [0.15, 0.2) is 5.75 Å². The van der Waals surface area contributed by atoms with Gasteiger partial charge in [0.05, 0.1) is 5.56 Å². The van der Waals surface area contributed by atoms with Gasteiger partial charge in [-0.1, -0.05) is 6.07 Å². The summed E-state index contributed by atoms with van der Waals surface area (Å²) in [5.41, 5.74) is 0.687. The summed E-state index contributed by atoms with van der Waals surface area (Å²) in [5, 5.41) is 0. The van der Waals surface area contributed by atoms with E-state index in [1.807, 2.05) is 18.0 Å². The molecule has 1 aromatic heterocycles. The molecule has 1 saturated carbocycles. The van der Waals surface area contributed by atoms with Crippen molar-refractivity contribution in [2.24, 2.45) is 5.92 Å². The van der Waals surface area contributed by atoms with Gasteiger partial charge in [-0.15, -0.1) is 6.57 Å². The van der Waals surface area contributed by atoms with Crippen molar-refractivity contribution in [1.29, 1.82) is 0 Å². The van der Waals surface area contributed by atoms with Gasteiger partial charge in [0.2, 0.25) is 5.91 Å². The number of ether oxygens (including phenoxy) is 2. The fraction of sp³-hybridized carbons (Fsp3) is 0.500. The molecule has 0 unspecified atom stereocenters. The number of aromatic nitrogens is 2. The number of carbonyl (C=O) groups excluding carboxylic acids is 2. The van der Waals surface area contributed by atoms with Gasteiger partial charge in [0.1, 0.15) is 23.7 Å². The topological polar surface area (TPSA) is 89.2 Å². The normalized spacial score (nSPS) is 23.5. The van der Waals surface area contributed by atoms with Crippen molar-refractivity contribution in [3.05, 3.63) is 53.1 Å². The molecule has 3 aliphatic rings. The number of likely N-dealkylation sites (N-methyl/N-ethyl adjacent to an activating group) is 1. The minimum absolute atomic E-state index is 0.0343. The maximum absolute atomic E-state index is 13.0. The molecule has 0 radical (unpaired) electrons. The summed E-state index contributed by atoms with van der Waals surface area (Å²) in [6.45, 7) is 10.9. The van der Waals surface area contributed by atoms with Crippen LogP contribution in [0, 0.1) is 12.5 Å². The third kappa shape index (κ3) is 4.71. The van der Waals surface area contributed by atoms with E-state index in [1.165, 1.54) is 25.2 Å². The first-order chi connectivity index (χ1) is 17.0. The molecule has 1 spiro atoms. The van der Waals surface area contributed by atoms with Crippen LogP contribution in [0.1, 0.15) is 54.4 Å². The highest BCUT2D eigenvalue weighted by Crippen LogP contribution is 2.49. The third-order valence-corrected chi connectivity index (χ3v) is 7.41. The van der Waals surface area contributed by atoms with Crippen molar-refractivity contribution in [2.75, 3.05) is 33.2 Å². The maximum Gasteiger partial charge on any atom is 0.371 e. The number of esters is 1. The second kappa shape index (κ2) is 9.62. The number of amides is 1. The van der Waals surface area contributed by atoms with Crippen molar-refractivity contribution in [3.63, 3.8) is 0 Å². The van der Waals surface area contributed by atoms with Crippen LogP contribution in [-0.4, -0.2) is 64.9 Å². The number of fused-ring (bicyclic) bond motifs is 2. The highest BCUT2D eigenvalue weighted by Gasteiger charge is 2.48. The number of hydrogen-bond donors (Lipinski definition) is 0. The van der Waals surface area contributed by atoms with Crippen molar-refractivity contribution in [3.8, 4) is 11.5 Å². The number of likely N-dealkylation sites (tertiary alicyclic amines) is 1. The summed E-state index contributed by atoms with van der Waals surface area (Å²) >= 11 is 0. The molecule has 3 heterocycles. The van der Waals surface area contributed by atoms with E-state index in [4.69, 9.17) is 16.0 Å². The van der Waals surface area contributed by atoms with E-state index in [2.05, 4.69) is 19.7 Å². The second-order valence-corrected chi connectivity index (χ2v) is 9.61. The lowest BCUT2D eigenvalue weighted by Gasteiger charge is -2.37. The van der Waals surface area contributed by atoms with E-state index in [0.717, 1.165) is 31.7 Å². The van der Waals surface area contributed by atoms with Crippen LogP contribution < -0.4 is 4.74 Å². The first-order valence-corrected chi connectivity index (χ1v) is 12.2. The SMILES string of the molecule is [C-]#[N+]c1ncc(Oc2ccc3c(c2)C(=O)O[C@]32CC[C@H](C(=O)N(C)CCN3CCCC3)CC2)cn1. The Labute approximate surface area is 204 Å². The van der Waals surface area contributed by atoms with Crippen LogP contribution in [0.5, 0.6) is 11.5 Å². The van der Waals surface area contributed by atoms with Gasteiger partial charge in [-0.05, 0) is 63.7 Å². The Bertz CT molecular complexity index is 1150. The van der Waals surface area contributed by atoms with Crippen molar-refractivity contribution < 1.29 is 19.1 Å². The quantitative estimate of drug-likeness (QED) is 0.462. The van der Waals surface area contributed by atoms with Gasteiger partial charge in [0.25, 0.3) is 0 Å². The van der Waals surface area contributed by atoms with Gasteiger partial charge < -0.3 is 24.1 Å². The fourth-order valence-electron chi connectivity index (χ4n) is 5.42. The predicted octanol–water partition coefficient (Wildman–Crippen LogP) is 3.93. The summed E-state index contributed by atoms with van der Waals surface area (Å²) in [7, 11) is 1.90. The first kappa shape index (κ1) is 23.2. The lowest BCUT2D eigenvalue weighted by Crippen LogP contribution is -2.41. The summed E-state index contributed by atoms with van der Waals surface area (Å²) in [5.74, 6) is 0.694. The van der Waals surface area contributed by atoms with Crippen LogP contribution >= 0.6 is 0 Å². The van der Waals surface area contributed by atoms with Crippen LogP contribution in [0.25, 0.3) is 4.85 Å². The number of rotatable bonds is 6. The Hall–Kier alpha value is -3.51. The zero-order valence-electron chi connectivity index (χ0n) is 19.9. The van der Waals surface area contributed by atoms with Gasteiger partial charge in [0, 0.05) is 31.6 Å². The third-order valence-electron chi connectivity index (χ3n) is 7.41. The Morgan fingerprint density at radius 2 is 1.94 bits per heavy atom. The molecular weight excluding hydrogens is 446 g/mol. The molecule has 1 aliphatic carbocycles. The molecule has 9 nitrogen and oxygen atoms in total. The summed E-state index contributed by atoms with van der Waals surface area (Å²) < 4.78 is 11.7. The second-order valence-electron chi connectivity index (χ2n) is 9.61. The molecule has 1 amide bonds.